The molecule has 0 aromatic rings. The van der Waals surface area contributed by atoms with Gasteiger partial charge in [0.25, 0.3) is 0 Å². The van der Waals surface area contributed by atoms with Gasteiger partial charge >= 0.3 is 19.8 Å². The average Bonchev–Trinajstić information content (AvgIpc) is 3.17. The number of esters is 2. The molecule has 9 nitrogen and oxygen atoms in total. The van der Waals surface area contributed by atoms with Gasteiger partial charge in [0, 0.05) is 12.8 Å². The van der Waals surface area contributed by atoms with Crippen molar-refractivity contribution in [3.63, 3.8) is 0 Å². The largest absolute Gasteiger partial charge is 0.472 e. The Bertz CT molecular complexity index is 1000. The standard InChI is InChI=1S/C48H94NO8P/c1-6-8-10-12-14-16-18-20-22-23-24-25-27-29-31-33-35-37-39-41-48(51)57-46(45-56-58(52,53)55-43-42-49(3,4)5)44-54-47(50)40-38-36-34-32-30-28-26-21-19-17-15-13-11-9-7-2/h21,26,46H,6-20,22-25,27-45H2,1-5H3/p+1/b26-21-. The number of phosphoric ester groups is 1. The van der Waals surface area contributed by atoms with E-state index in [4.69, 9.17) is 18.5 Å². The van der Waals surface area contributed by atoms with Gasteiger partial charge in [-0.25, -0.2) is 4.57 Å². The highest BCUT2D eigenvalue weighted by molar-refractivity contribution is 7.47. The summed E-state index contributed by atoms with van der Waals surface area (Å²) in [6.45, 7) is 4.45. The van der Waals surface area contributed by atoms with Gasteiger partial charge in [0.2, 0.25) is 0 Å². The minimum absolute atomic E-state index is 0.0338. The molecule has 0 fully saturated rings. The number of rotatable bonds is 45. The van der Waals surface area contributed by atoms with E-state index in [1.807, 2.05) is 21.1 Å². The lowest BCUT2D eigenvalue weighted by molar-refractivity contribution is -0.870. The number of nitrogens with zero attached hydrogens (tertiary/aromatic N) is 1. The molecule has 0 saturated heterocycles. The minimum Gasteiger partial charge on any atom is -0.462 e. The lowest BCUT2D eigenvalue weighted by Gasteiger charge is -2.24. The van der Waals surface area contributed by atoms with E-state index in [1.54, 1.807) is 0 Å². The van der Waals surface area contributed by atoms with E-state index in [1.165, 1.54) is 148 Å². The van der Waals surface area contributed by atoms with Gasteiger partial charge in [-0.3, -0.25) is 18.6 Å². The number of phosphoric acid groups is 1. The first kappa shape index (κ1) is 56.8. The van der Waals surface area contributed by atoms with E-state index in [0.29, 0.717) is 17.4 Å². The summed E-state index contributed by atoms with van der Waals surface area (Å²) in [7, 11) is 1.48. The first-order chi connectivity index (χ1) is 28.0. The fraction of sp³-hybridized carbons (Fsp3) is 0.917. The van der Waals surface area contributed by atoms with Crippen LogP contribution in [0.5, 0.6) is 0 Å². The van der Waals surface area contributed by atoms with Crippen molar-refractivity contribution >= 4 is 19.8 Å². The van der Waals surface area contributed by atoms with Crippen molar-refractivity contribution in [3.8, 4) is 0 Å². The molecule has 0 aromatic carbocycles. The maximum absolute atomic E-state index is 12.7. The number of ether oxygens (including phenoxy) is 2. The number of likely N-dealkylation sites (N-methyl/N-ethyl adjacent to an activating group) is 1. The molecule has 2 unspecified atom stereocenters. The molecule has 1 N–H and O–H groups in total. The van der Waals surface area contributed by atoms with Crippen molar-refractivity contribution in [1.82, 2.24) is 0 Å². The van der Waals surface area contributed by atoms with Crippen LogP contribution in [-0.2, 0) is 32.7 Å². The molecule has 10 heteroatoms. The zero-order chi connectivity index (χ0) is 42.8. The molecule has 0 heterocycles. The summed E-state index contributed by atoms with van der Waals surface area (Å²) in [6, 6.07) is 0. The Hall–Kier alpha value is -1.25. The quantitative estimate of drug-likeness (QED) is 0.0212. The molecule has 0 aliphatic carbocycles. The molecule has 0 aromatic heterocycles. The third kappa shape index (κ3) is 44.3. The van der Waals surface area contributed by atoms with Crippen LogP contribution in [0.15, 0.2) is 12.2 Å². The highest BCUT2D eigenvalue weighted by Gasteiger charge is 2.27. The summed E-state index contributed by atoms with van der Waals surface area (Å²) >= 11 is 0. The van der Waals surface area contributed by atoms with E-state index in [9.17, 15) is 19.0 Å². The normalized spacial score (nSPS) is 13.6. The van der Waals surface area contributed by atoms with Crippen molar-refractivity contribution < 1.29 is 42.1 Å². The molecular formula is C48H95NO8P+. The molecule has 0 aliphatic heterocycles. The fourth-order valence-electron chi connectivity index (χ4n) is 6.95. The van der Waals surface area contributed by atoms with Crippen molar-refractivity contribution in [1.29, 1.82) is 0 Å². The van der Waals surface area contributed by atoms with E-state index in [2.05, 4.69) is 26.0 Å². The first-order valence-electron chi connectivity index (χ1n) is 24.4. The second-order valence-electron chi connectivity index (χ2n) is 17.9. The molecule has 2 atom stereocenters. The molecule has 0 saturated carbocycles. The van der Waals surface area contributed by atoms with Gasteiger partial charge in [0.05, 0.1) is 27.7 Å². The van der Waals surface area contributed by atoms with Crippen LogP contribution in [-0.4, -0.2) is 74.9 Å². The van der Waals surface area contributed by atoms with Crippen LogP contribution in [0.1, 0.15) is 232 Å². The van der Waals surface area contributed by atoms with Crippen LogP contribution in [0.25, 0.3) is 0 Å². The maximum Gasteiger partial charge on any atom is 0.472 e. The van der Waals surface area contributed by atoms with Crippen LogP contribution >= 0.6 is 7.82 Å². The Kier molecular flexibility index (Phi) is 40.2. The van der Waals surface area contributed by atoms with Gasteiger partial charge in [0.15, 0.2) is 6.10 Å². The van der Waals surface area contributed by atoms with Gasteiger partial charge < -0.3 is 18.9 Å². The molecule has 0 bridgehead atoms. The SMILES string of the molecule is CCCCCCCC/C=C\CCCCCCCC(=O)OCC(COP(=O)(O)OCC[N+](C)(C)C)OC(=O)CCCCCCCCCCCCCCCCCCCCC. The monoisotopic (exact) mass is 845 g/mol. The van der Waals surface area contributed by atoms with Crippen molar-refractivity contribution in [3.05, 3.63) is 12.2 Å². The molecule has 0 aliphatic rings. The van der Waals surface area contributed by atoms with Crippen LogP contribution in [0, 0.1) is 0 Å². The van der Waals surface area contributed by atoms with E-state index in [-0.39, 0.29) is 32.0 Å². The number of carbonyl (C=O) groups excluding carboxylic acids is 2. The maximum atomic E-state index is 12.7. The predicted molar refractivity (Wildman–Crippen MR) is 243 cm³/mol. The van der Waals surface area contributed by atoms with E-state index in [0.717, 1.165) is 51.4 Å². The molecule has 58 heavy (non-hydrogen) atoms. The van der Waals surface area contributed by atoms with Gasteiger partial charge in [-0.05, 0) is 38.5 Å². The summed E-state index contributed by atoms with van der Waals surface area (Å²) in [4.78, 5) is 35.5. The lowest BCUT2D eigenvalue weighted by atomic mass is 10.0. The average molecular weight is 845 g/mol. The minimum atomic E-state index is -4.37. The molecule has 344 valence electrons. The summed E-state index contributed by atoms with van der Waals surface area (Å²) in [5, 5.41) is 0. The van der Waals surface area contributed by atoms with Crippen LogP contribution in [0.4, 0.5) is 0 Å². The zero-order valence-corrected chi connectivity index (χ0v) is 39.7. The van der Waals surface area contributed by atoms with Gasteiger partial charge in [-0.15, -0.1) is 0 Å². The number of quaternary nitrogens is 1. The number of carbonyl (C=O) groups is 2. The third-order valence-corrected chi connectivity index (χ3v) is 11.8. The number of unbranched alkanes of at least 4 members (excludes halogenated alkanes) is 29. The smallest absolute Gasteiger partial charge is 0.462 e. The summed E-state index contributed by atoms with van der Waals surface area (Å²) < 4.78 is 34.4. The zero-order valence-electron chi connectivity index (χ0n) is 38.8. The highest BCUT2D eigenvalue weighted by atomic mass is 31.2. The second kappa shape index (κ2) is 41.1. The van der Waals surface area contributed by atoms with Gasteiger partial charge in [0.1, 0.15) is 19.8 Å². The molecule has 0 spiro atoms. The Morgan fingerprint density at radius 3 is 1.28 bits per heavy atom. The number of hydrogen-bond acceptors (Lipinski definition) is 7. The van der Waals surface area contributed by atoms with Gasteiger partial charge in [-0.2, -0.15) is 0 Å². The second-order valence-corrected chi connectivity index (χ2v) is 19.3. The van der Waals surface area contributed by atoms with E-state index < -0.39 is 26.5 Å². The van der Waals surface area contributed by atoms with Crippen LogP contribution in [0.2, 0.25) is 0 Å². The summed E-state index contributed by atoms with van der Waals surface area (Å²) in [6.07, 6.45) is 44.0. The lowest BCUT2D eigenvalue weighted by Crippen LogP contribution is -2.37. The first-order valence-corrected chi connectivity index (χ1v) is 25.9. The predicted octanol–water partition coefficient (Wildman–Crippen LogP) is 14.1. The number of hydrogen-bond donors (Lipinski definition) is 1. The molecule has 0 amide bonds. The topological polar surface area (TPSA) is 108 Å². The van der Waals surface area contributed by atoms with Crippen molar-refractivity contribution in [2.75, 3.05) is 47.5 Å². The molecular weight excluding hydrogens is 750 g/mol. The van der Waals surface area contributed by atoms with Gasteiger partial charge in [-0.1, -0.05) is 193 Å². The molecule has 0 radical (unpaired) electrons. The Labute approximate surface area is 358 Å². The third-order valence-electron chi connectivity index (χ3n) is 10.8. The van der Waals surface area contributed by atoms with Crippen molar-refractivity contribution in [2.24, 2.45) is 0 Å². The fourth-order valence-corrected chi connectivity index (χ4v) is 7.69. The summed E-state index contributed by atoms with van der Waals surface area (Å²) in [5.74, 6) is -0.795. The number of allylic oxidation sites excluding steroid dienone is 2. The van der Waals surface area contributed by atoms with Crippen LogP contribution in [0.3, 0.4) is 0 Å². The highest BCUT2D eigenvalue weighted by Crippen LogP contribution is 2.43. The van der Waals surface area contributed by atoms with Crippen molar-refractivity contribution in [2.45, 2.75) is 238 Å². The van der Waals surface area contributed by atoms with Crippen LogP contribution < -0.4 is 0 Å². The Morgan fingerprint density at radius 2 is 0.879 bits per heavy atom. The molecule has 0 rings (SSSR count). The van der Waals surface area contributed by atoms with E-state index >= 15 is 0 Å². The Morgan fingerprint density at radius 1 is 0.517 bits per heavy atom. The Balaban J connectivity index is 4.26. The summed E-state index contributed by atoms with van der Waals surface area (Å²) in [5.41, 5.74) is 0.